The highest BCUT2D eigenvalue weighted by molar-refractivity contribution is 5.93. The van der Waals surface area contributed by atoms with Crippen LogP contribution in [-0.2, 0) is 16.0 Å². The Kier molecular flexibility index (Phi) is 4.85. The van der Waals surface area contributed by atoms with E-state index in [0.717, 1.165) is 5.56 Å². The second-order valence-electron chi connectivity index (χ2n) is 5.99. The minimum absolute atomic E-state index is 0.0314. The van der Waals surface area contributed by atoms with Crippen molar-refractivity contribution >= 4 is 22.6 Å². The zero-order chi connectivity index (χ0) is 18.8. The van der Waals surface area contributed by atoms with Gasteiger partial charge in [-0.15, -0.1) is 0 Å². The maximum absolute atomic E-state index is 13.0. The second-order valence-corrected chi connectivity index (χ2v) is 5.99. The minimum Gasteiger partial charge on any atom is -0.465 e. The van der Waals surface area contributed by atoms with Crippen molar-refractivity contribution in [1.29, 1.82) is 5.41 Å². The SMILES string of the molecule is COCCCn1c(=N)c(C(=O)OC)cc2c(=O)n3cc(C)ccc3nc21. The van der Waals surface area contributed by atoms with E-state index in [1.807, 2.05) is 13.0 Å². The van der Waals surface area contributed by atoms with Gasteiger partial charge in [-0.2, -0.15) is 0 Å². The van der Waals surface area contributed by atoms with Crippen LogP contribution in [0.15, 0.2) is 29.2 Å². The monoisotopic (exact) mass is 356 g/mol. The molecule has 0 saturated carbocycles. The Labute approximate surface area is 149 Å². The third kappa shape index (κ3) is 2.99. The largest absolute Gasteiger partial charge is 0.465 e. The molecule has 0 amide bonds. The molecule has 3 aromatic rings. The number of esters is 1. The number of methoxy groups -OCH3 is 2. The second kappa shape index (κ2) is 7.09. The van der Waals surface area contributed by atoms with E-state index in [-0.39, 0.29) is 22.0 Å². The lowest BCUT2D eigenvalue weighted by molar-refractivity contribution is 0.0597. The van der Waals surface area contributed by atoms with Crippen molar-refractivity contribution in [2.45, 2.75) is 19.9 Å². The molecular weight excluding hydrogens is 336 g/mol. The maximum Gasteiger partial charge on any atom is 0.341 e. The van der Waals surface area contributed by atoms with Crippen LogP contribution in [0, 0.1) is 12.3 Å². The van der Waals surface area contributed by atoms with Gasteiger partial charge in [0.05, 0.1) is 12.5 Å². The van der Waals surface area contributed by atoms with E-state index < -0.39 is 5.97 Å². The van der Waals surface area contributed by atoms with Crippen LogP contribution in [0.25, 0.3) is 16.7 Å². The molecule has 0 aliphatic carbocycles. The molecule has 8 nitrogen and oxygen atoms in total. The first-order chi connectivity index (χ1) is 12.5. The van der Waals surface area contributed by atoms with Gasteiger partial charge in [0.15, 0.2) is 0 Å². The molecule has 0 spiro atoms. The van der Waals surface area contributed by atoms with Crippen LogP contribution in [-0.4, -0.2) is 40.7 Å². The zero-order valence-electron chi connectivity index (χ0n) is 14.9. The lowest BCUT2D eigenvalue weighted by Gasteiger charge is -2.14. The van der Waals surface area contributed by atoms with Gasteiger partial charge >= 0.3 is 5.97 Å². The molecule has 0 aliphatic rings. The van der Waals surface area contributed by atoms with Crippen LogP contribution in [0.3, 0.4) is 0 Å². The number of ether oxygens (including phenoxy) is 2. The van der Waals surface area contributed by atoms with Gasteiger partial charge in [-0.1, -0.05) is 6.07 Å². The summed E-state index contributed by atoms with van der Waals surface area (Å²) in [5, 5.41) is 8.65. The zero-order valence-corrected chi connectivity index (χ0v) is 14.9. The molecule has 0 saturated heterocycles. The highest BCUT2D eigenvalue weighted by Crippen LogP contribution is 2.12. The van der Waals surface area contributed by atoms with Gasteiger partial charge in [-0.25, -0.2) is 9.78 Å². The Balaban J connectivity index is 2.39. The Morgan fingerprint density at radius 2 is 2.08 bits per heavy atom. The molecule has 0 unspecified atom stereocenters. The molecule has 26 heavy (non-hydrogen) atoms. The summed E-state index contributed by atoms with van der Waals surface area (Å²) >= 11 is 0. The number of carbonyl (C=O) groups is 1. The third-order valence-electron chi connectivity index (χ3n) is 4.19. The van der Waals surface area contributed by atoms with Crippen molar-refractivity contribution in [2.24, 2.45) is 0 Å². The quantitative estimate of drug-likeness (QED) is 0.422. The average molecular weight is 356 g/mol. The van der Waals surface area contributed by atoms with E-state index in [0.29, 0.717) is 30.9 Å². The highest BCUT2D eigenvalue weighted by atomic mass is 16.5. The molecule has 0 atom stereocenters. The molecule has 136 valence electrons. The molecule has 8 heteroatoms. The van der Waals surface area contributed by atoms with Crippen molar-refractivity contribution in [3.63, 3.8) is 0 Å². The first-order valence-corrected chi connectivity index (χ1v) is 8.16. The number of fused-ring (bicyclic) bond motifs is 2. The van der Waals surface area contributed by atoms with Gasteiger partial charge in [-0.05, 0) is 31.0 Å². The van der Waals surface area contributed by atoms with Crippen LogP contribution in [0.1, 0.15) is 22.3 Å². The summed E-state index contributed by atoms with van der Waals surface area (Å²) in [6.45, 7) is 2.76. The van der Waals surface area contributed by atoms with E-state index in [9.17, 15) is 9.59 Å². The lowest BCUT2D eigenvalue weighted by Crippen LogP contribution is -2.31. The molecule has 0 aliphatic heterocycles. The number of hydrogen-bond acceptors (Lipinski definition) is 6. The summed E-state index contributed by atoms with van der Waals surface area (Å²) in [5.74, 6) is -0.661. The molecule has 1 N–H and O–H groups in total. The Morgan fingerprint density at radius 1 is 1.31 bits per heavy atom. The van der Waals surface area contributed by atoms with E-state index in [1.54, 1.807) is 23.9 Å². The number of pyridine rings is 2. The van der Waals surface area contributed by atoms with Crippen LogP contribution >= 0.6 is 0 Å². The summed E-state index contributed by atoms with van der Waals surface area (Å²) in [4.78, 5) is 29.6. The van der Waals surface area contributed by atoms with Gasteiger partial charge in [0.2, 0.25) is 0 Å². The average Bonchev–Trinajstić information content (AvgIpc) is 2.64. The predicted octanol–water partition coefficient (Wildman–Crippen LogP) is 1.26. The van der Waals surface area contributed by atoms with Crippen molar-refractivity contribution < 1.29 is 14.3 Å². The first kappa shape index (κ1) is 17.8. The summed E-state index contributed by atoms with van der Waals surface area (Å²) in [7, 11) is 2.84. The van der Waals surface area contributed by atoms with Gasteiger partial charge in [0, 0.05) is 26.5 Å². The van der Waals surface area contributed by atoms with Gasteiger partial charge < -0.3 is 14.0 Å². The summed E-state index contributed by atoms with van der Waals surface area (Å²) in [6.07, 6.45) is 2.31. The normalized spacial score (nSPS) is 11.2. The fourth-order valence-corrected chi connectivity index (χ4v) is 2.89. The number of nitrogens with one attached hydrogen (secondary N) is 1. The molecule has 0 radical (unpaired) electrons. The van der Waals surface area contributed by atoms with Crippen LogP contribution in [0.2, 0.25) is 0 Å². The number of rotatable bonds is 5. The highest BCUT2D eigenvalue weighted by Gasteiger charge is 2.17. The fourth-order valence-electron chi connectivity index (χ4n) is 2.89. The first-order valence-electron chi connectivity index (χ1n) is 8.16. The summed E-state index contributed by atoms with van der Waals surface area (Å²) in [6, 6.07) is 5.02. The topological polar surface area (TPSA) is 98.7 Å². The predicted molar refractivity (Wildman–Crippen MR) is 95.4 cm³/mol. The van der Waals surface area contributed by atoms with Gasteiger partial charge in [0.1, 0.15) is 22.3 Å². The van der Waals surface area contributed by atoms with Crippen molar-refractivity contribution in [2.75, 3.05) is 20.8 Å². The van der Waals surface area contributed by atoms with Crippen molar-refractivity contribution in [1.82, 2.24) is 14.0 Å². The van der Waals surface area contributed by atoms with E-state index in [1.165, 1.54) is 17.6 Å². The number of nitrogens with zero attached hydrogens (tertiary/aromatic N) is 3. The Hall–Kier alpha value is -3.00. The molecule has 3 heterocycles. The van der Waals surface area contributed by atoms with E-state index >= 15 is 0 Å². The smallest absolute Gasteiger partial charge is 0.341 e. The maximum atomic E-state index is 13.0. The molecule has 3 aromatic heterocycles. The Morgan fingerprint density at radius 3 is 2.77 bits per heavy atom. The van der Waals surface area contributed by atoms with Gasteiger partial charge in [0.25, 0.3) is 5.56 Å². The fraction of sp³-hybridized carbons (Fsp3) is 0.333. The number of aromatic nitrogens is 3. The Bertz CT molecular complexity index is 1110. The molecule has 0 fully saturated rings. The lowest BCUT2D eigenvalue weighted by atomic mass is 10.2. The van der Waals surface area contributed by atoms with Gasteiger partial charge in [-0.3, -0.25) is 14.6 Å². The summed E-state index contributed by atoms with van der Waals surface area (Å²) in [5.41, 5.74) is 1.47. The number of aryl methyl sites for hydroxylation is 2. The van der Waals surface area contributed by atoms with Crippen LogP contribution < -0.4 is 11.0 Å². The molecule has 0 bridgehead atoms. The minimum atomic E-state index is -0.661. The van der Waals surface area contributed by atoms with E-state index in [2.05, 4.69) is 4.98 Å². The van der Waals surface area contributed by atoms with E-state index in [4.69, 9.17) is 14.9 Å². The third-order valence-corrected chi connectivity index (χ3v) is 4.19. The van der Waals surface area contributed by atoms with Crippen LogP contribution in [0.4, 0.5) is 0 Å². The van der Waals surface area contributed by atoms with Crippen molar-refractivity contribution in [3.05, 3.63) is 51.4 Å². The summed E-state index contributed by atoms with van der Waals surface area (Å²) < 4.78 is 12.8. The molecular formula is C18H20N4O4. The van der Waals surface area contributed by atoms with Crippen molar-refractivity contribution in [3.8, 4) is 0 Å². The standard InChI is InChI=1S/C18H20N4O4/c1-11-5-6-14-20-16-13(17(23)22(14)10-11)9-12(18(24)26-3)15(19)21(16)7-4-8-25-2/h5-6,9-10,19H,4,7-8H2,1-3H3. The number of hydrogen-bond donors (Lipinski definition) is 1. The van der Waals surface area contributed by atoms with Crippen LogP contribution in [0.5, 0.6) is 0 Å². The number of carbonyl (C=O) groups excluding carboxylic acids is 1. The molecule has 3 rings (SSSR count). The molecule has 0 aromatic carbocycles.